The molecule has 0 unspecified atom stereocenters. The minimum Gasteiger partial charge on any atom is -0.489 e. The van der Waals surface area contributed by atoms with Gasteiger partial charge in [-0.25, -0.2) is 0 Å². The minimum atomic E-state index is 0.0598. The van der Waals surface area contributed by atoms with Crippen LogP contribution in [-0.4, -0.2) is 10.4 Å². The van der Waals surface area contributed by atoms with Crippen molar-refractivity contribution in [2.24, 2.45) is 5.16 Å². The van der Waals surface area contributed by atoms with Crippen LogP contribution >= 0.6 is 11.6 Å². The van der Waals surface area contributed by atoms with Gasteiger partial charge in [-0.2, -0.15) is 0 Å². The van der Waals surface area contributed by atoms with Crippen molar-refractivity contribution in [1.82, 2.24) is 0 Å². The highest BCUT2D eigenvalue weighted by Crippen LogP contribution is 2.15. The fourth-order valence-electron chi connectivity index (χ4n) is 1.49. The van der Waals surface area contributed by atoms with Gasteiger partial charge in [0.15, 0.2) is 5.17 Å². The molecule has 2 aromatic carbocycles. The maximum atomic E-state index is 8.53. The van der Waals surface area contributed by atoms with Gasteiger partial charge >= 0.3 is 0 Å². The average molecular weight is 262 g/mol. The number of halogens is 1. The minimum absolute atomic E-state index is 0.0598. The van der Waals surface area contributed by atoms with Crippen LogP contribution in [0.15, 0.2) is 59.8 Å². The van der Waals surface area contributed by atoms with E-state index in [-0.39, 0.29) is 5.17 Å². The van der Waals surface area contributed by atoms with E-state index in [2.05, 4.69) is 5.16 Å². The fourth-order valence-corrected chi connectivity index (χ4v) is 1.61. The molecular weight excluding hydrogens is 250 g/mol. The van der Waals surface area contributed by atoms with Crippen LogP contribution in [0.2, 0.25) is 0 Å². The molecule has 0 aliphatic rings. The zero-order valence-electron chi connectivity index (χ0n) is 9.58. The zero-order valence-corrected chi connectivity index (χ0v) is 10.3. The van der Waals surface area contributed by atoms with Gasteiger partial charge in [0.25, 0.3) is 0 Å². The van der Waals surface area contributed by atoms with Crippen LogP contribution in [0.3, 0.4) is 0 Å². The van der Waals surface area contributed by atoms with Crippen molar-refractivity contribution in [2.45, 2.75) is 6.61 Å². The molecule has 0 amide bonds. The molecule has 3 nitrogen and oxygen atoms in total. The predicted molar refractivity (Wildman–Crippen MR) is 71.4 cm³/mol. The highest BCUT2D eigenvalue weighted by Gasteiger charge is 2.01. The maximum Gasteiger partial charge on any atom is 0.175 e. The van der Waals surface area contributed by atoms with E-state index in [0.717, 1.165) is 11.3 Å². The molecular formula is C14H12ClNO2. The molecule has 0 radical (unpaired) electrons. The van der Waals surface area contributed by atoms with Gasteiger partial charge in [-0.1, -0.05) is 47.1 Å². The topological polar surface area (TPSA) is 41.8 Å². The highest BCUT2D eigenvalue weighted by atomic mass is 35.5. The number of oxime groups is 1. The molecule has 0 heterocycles. The second-order valence-corrected chi connectivity index (χ2v) is 4.05. The van der Waals surface area contributed by atoms with Crippen molar-refractivity contribution in [1.29, 1.82) is 0 Å². The Morgan fingerprint density at radius 3 is 2.33 bits per heavy atom. The van der Waals surface area contributed by atoms with Crippen LogP contribution in [-0.2, 0) is 6.61 Å². The van der Waals surface area contributed by atoms with Crippen molar-refractivity contribution < 1.29 is 9.94 Å². The van der Waals surface area contributed by atoms with E-state index in [4.69, 9.17) is 21.5 Å². The van der Waals surface area contributed by atoms with Crippen molar-refractivity contribution in [3.8, 4) is 5.75 Å². The summed E-state index contributed by atoms with van der Waals surface area (Å²) in [5, 5.41) is 11.5. The second kappa shape index (κ2) is 6.07. The summed E-state index contributed by atoms with van der Waals surface area (Å²) in [7, 11) is 0. The van der Waals surface area contributed by atoms with E-state index in [0.29, 0.717) is 12.2 Å². The van der Waals surface area contributed by atoms with Crippen molar-refractivity contribution in [3.63, 3.8) is 0 Å². The summed E-state index contributed by atoms with van der Waals surface area (Å²) in [5.74, 6) is 0.741. The maximum absolute atomic E-state index is 8.53. The SMILES string of the molecule is O/N=C(\Cl)c1ccc(OCc2ccccc2)cc1. The van der Waals surface area contributed by atoms with Crippen molar-refractivity contribution in [2.75, 3.05) is 0 Å². The molecule has 0 aliphatic carbocycles. The Balaban J connectivity index is 1.99. The summed E-state index contributed by atoms with van der Waals surface area (Å²) in [6, 6.07) is 17.0. The van der Waals surface area contributed by atoms with Gasteiger partial charge in [0, 0.05) is 5.56 Å². The first-order valence-electron chi connectivity index (χ1n) is 5.44. The third-order valence-electron chi connectivity index (χ3n) is 2.43. The lowest BCUT2D eigenvalue weighted by Gasteiger charge is -2.06. The average Bonchev–Trinajstić information content (AvgIpc) is 2.46. The van der Waals surface area contributed by atoms with Crippen LogP contribution in [0.5, 0.6) is 5.75 Å². The Hall–Kier alpha value is -2.00. The van der Waals surface area contributed by atoms with Crippen LogP contribution < -0.4 is 4.74 Å². The van der Waals surface area contributed by atoms with E-state index >= 15 is 0 Å². The Labute approximate surface area is 110 Å². The van der Waals surface area contributed by atoms with Gasteiger partial charge in [0.05, 0.1) is 0 Å². The molecule has 2 aromatic rings. The molecule has 0 saturated carbocycles. The van der Waals surface area contributed by atoms with Crippen LogP contribution in [0, 0.1) is 0 Å². The summed E-state index contributed by atoms with van der Waals surface area (Å²) >= 11 is 5.68. The van der Waals surface area contributed by atoms with E-state index in [1.165, 1.54) is 0 Å². The molecule has 4 heteroatoms. The Bertz CT molecular complexity index is 523. The standard InChI is InChI=1S/C14H12ClNO2/c15-14(16-17)12-6-8-13(9-7-12)18-10-11-4-2-1-3-5-11/h1-9,17H,10H2/b16-14-. The summed E-state index contributed by atoms with van der Waals surface area (Å²) in [6.07, 6.45) is 0. The van der Waals surface area contributed by atoms with E-state index in [9.17, 15) is 0 Å². The molecule has 0 saturated heterocycles. The number of hydrogen-bond acceptors (Lipinski definition) is 3. The normalized spacial score (nSPS) is 11.3. The van der Waals surface area contributed by atoms with Gasteiger partial charge in [-0.3, -0.25) is 0 Å². The summed E-state index contributed by atoms with van der Waals surface area (Å²) in [5.41, 5.74) is 1.75. The molecule has 92 valence electrons. The lowest BCUT2D eigenvalue weighted by Crippen LogP contribution is -1.96. The summed E-state index contributed by atoms with van der Waals surface area (Å²) in [6.45, 7) is 0.516. The van der Waals surface area contributed by atoms with Gasteiger partial charge in [-0.05, 0) is 29.8 Å². The Morgan fingerprint density at radius 1 is 1.06 bits per heavy atom. The Kier molecular flexibility index (Phi) is 4.20. The molecule has 18 heavy (non-hydrogen) atoms. The lowest BCUT2D eigenvalue weighted by atomic mass is 10.2. The van der Waals surface area contributed by atoms with Crippen LogP contribution in [0.4, 0.5) is 0 Å². The summed E-state index contributed by atoms with van der Waals surface area (Å²) in [4.78, 5) is 0. The van der Waals surface area contributed by atoms with Crippen LogP contribution in [0.25, 0.3) is 0 Å². The lowest BCUT2D eigenvalue weighted by molar-refractivity contribution is 0.306. The monoisotopic (exact) mass is 261 g/mol. The van der Waals surface area contributed by atoms with Gasteiger partial charge in [-0.15, -0.1) is 0 Å². The second-order valence-electron chi connectivity index (χ2n) is 3.69. The molecule has 0 aliphatic heterocycles. The third-order valence-corrected chi connectivity index (χ3v) is 2.72. The summed E-state index contributed by atoms with van der Waals surface area (Å²) < 4.78 is 5.61. The molecule has 0 atom stereocenters. The molecule has 2 rings (SSSR count). The predicted octanol–water partition coefficient (Wildman–Crippen LogP) is 3.64. The first-order chi connectivity index (χ1) is 8.79. The molecule has 0 fully saturated rings. The quantitative estimate of drug-likeness (QED) is 0.519. The fraction of sp³-hybridized carbons (Fsp3) is 0.0714. The van der Waals surface area contributed by atoms with Crippen molar-refractivity contribution >= 4 is 16.8 Å². The first-order valence-corrected chi connectivity index (χ1v) is 5.82. The van der Waals surface area contributed by atoms with Gasteiger partial charge in [0.1, 0.15) is 12.4 Å². The number of rotatable bonds is 4. The highest BCUT2D eigenvalue weighted by molar-refractivity contribution is 6.69. The van der Waals surface area contributed by atoms with Gasteiger partial charge < -0.3 is 9.94 Å². The number of nitrogens with zero attached hydrogens (tertiary/aromatic N) is 1. The van der Waals surface area contributed by atoms with E-state index in [1.54, 1.807) is 24.3 Å². The molecule has 0 spiro atoms. The first kappa shape index (κ1) is 12.5. The number of ether oxygens (including phenoxy) is 1. The van der Waals surface area contributed by atoms with Crippen LogP contribution in [0.1, 0.15) is 11.1 Å². The zero-order chi connectivity index (χ0) is 12.8. The van der Waals surface area contributed by atoms with Gasteiger partial charge in [0.2, 0.25) is 0 Å². The number of hydrogen-bond donors (Lipinski definition) is 1. The number of benzene rings is 2. The van der Waals surface area contributed by atoms with E-state index < -0.39 is 0 Å². The van der Waals surface area contributed by atoms with Crippen molar-refractivity contribution in [3.05, 3.63) is 65.7 Å². The molecule has 0 bridgehead atoms. The molecule has 0 aromatic heterocycles. The smallest absolute Gasteiger partial charge is 0.175 e. The largest absolute Gasteiger partial charge is 0.489 e. The Morgan fingerprint density at radius 2 is 1.72 bits per heavy atom. The van der Waals surface area contributed by atoms with E-state index in [1.807, 2.05) is 30.3 Å². The third kappa shape index (κ3) is 3.25. The molecule has 1 N–H and O–H groups in total.